The summed E-state index contributed by atoms with van der Waals surface area (Å²) in [5, 5.41) is 4.17. The second-order valence-electron chi connectivity index (χ2n) is 4.85. The lowest BCUT2D eigenvalue weighted by Gasteiger charge is -2.36. The first-order valence-corrected chi connectivity index (χ1v) is 7.17. The number of amides is 1. The van der Waals surface area contributed by atoms with Gasteiger partial charge in [0.1, 0.15) is 0 Å². The molecule has 2 atom stereocenters. The van der Waals surface area contributed by atoms with Crippen molar-refractivity contribution in [3.63, 3.8) is 0 Å². The Kier molecular flexibility index (Phi) is 4.18. The molecule has 0 aromatic carbocycles. The number of aryl methyl sites for hydroxylation is 1. The molecule has 0 spiro atoms. The Balaban J connectivity index is 1.83. The van der Waals surface area contributed by atoms with Gasteiger partial charge in [0.05, 0.1) is 0 Å². The molecule has 2 heterocycles. The smallest absolute Gasteiger partial charge is 0.223 e. The number of hydrogen-bond acceptors (Lipinski definition) is 3. The molecule has 0 aliphatic carbocycles. The molecular weight excluding hydrogens is 232 g/mol. The first-order valence-electron chi connectivity index (χ1n) is 6.23. The van der Waals surface area contributed by atoms with Crippen molar-refractivity contribution in [2.24, 2.45) is 5.73 Å². The molecular formula is C13H20N2OS. The average Bonchev–Trinajstić information content (AvgIpc) is 2.78. The van der Waals surface area contributed by atoms with Crippen LogP contribution in [0.2, 0.25) is 0 Å². The maximum Gasteiger partial charge on any atom is 0.223 e. The highest BCUT2D eigenvalue weighted by Crippen LogP contribution is 2.18. The van der Waals surface area contributed by atoms with E-state index in [1.807, 2.05) is 4.90 Å². The second-order valence-corrected chi connectivity index (χ2v) is 5.63. The van der Waals surface area contributed by atoms with E-state index >= 15 is 0 Å². The number of carbonyl (C=O) groups is 1. The maximum atomic E-state index is 12.1. The van der Waals surface area contributed by atoms with Crippen LogP contribution in [0, 0.1) is 0 Å². The van der Waals surface area contributed by atoms with Gasteiger partial charge >= 0.3 is 0 Å². The molecule has 0 saturated carbocycles. The molecule has 0 radical (unpaired) electrons. The van der Waals surface area contributed by atoms with E-state index in [1.165, 1.54) is 5.56 Å². The van der Waals surface area contributed by atoms with Crippen molar-refractivity contribution >= 4 is 17.2 Å². The van der Waals surface area contributed by atoms with Gasteiger partial charge in [-0.3, -0.25) is 4.79 Å². The molecule has 0 bridgehead atoms. The quantitative estimate of drug-likeness (QED) is 0.894. The minimum atomic E-state index is 0.269. The molecule has 2 rings (SSSR count). The van der Waals surface area contributed by atoms with Crippen LogP contribution in [-0.4, -0.2) is 29.4 Å². The third kappa shape index (κ3) is 3.30. The Morgan fingerprint density at radius 3 is 3.12 bits per heavy atom. The summed E-state index contributed by atoms with van der Waals surface area (Å²) in [5.74, 6) is 0.274. The molecule has 94 valence electrons. The molecule has 1 saturated heterocycles. The van der Waals surface area contributed by atoms with E-state index in [0.717, 1.165) is 25.8 Å². The van der Waals surface area contributed by atoms with Gasteiger partial charge in [-0.1, -0.05) is 0 Å². The van der Waals surface area contributed by atoms with Gasteiger partial charge in [0, 0.05) is 25.0 Å². The number of piperidine rings is 1. The lowest BCUT2D eigenvalue weighted by molar-refractivity contribution is -0.134. The zero-order valence-electron chi connectivity index (χ0n) is 10.3. The molecule has 4 heteroatoms. The van der Waals surface area contributed by atoms with E-state index in [0.29, 0.717) is 12.5 Å². The molecule has 17 heavy (non-hydrogen) atoms. The van der Waals surface area contributed by atoms with Crippen molar-refractivity contribution < 1.29 is 4.79 Å². The predicted molar refractivity (Wildman–Crippen MR) is 71.0 cm³/mol. The van der Waals surface area contributed by atoms with E-state index in [4.69, 9.17) is 5.73 Å². The van der Waals surface area contributed by atoms with Crippen molar-refractivity contribution in [2.45, 2.75) is 44.7 Å². The summed E-state index contributed by atoms with van der Waals surface area (Å²) in [6.07, 6.45) is 3.35. The topological polar surface area (TPSA) is 46.3 Å². The Labute approximate surface area is 107 Å². The van der Waals surface area contributed by atoms with Gasteiger partial charge in [-0.15, -0.1) is 0 Å². The minimum absolute atomic E-state index is 0.269. The summed E-state index contributed by atoms with van der Waals surface area (Å²) in [6.45, 7) is 2.92. The van der Waals surface area contributed by atoms with Crippen molar-refractivity contribution in [3.05, 3.63) is 22.4 Å². The zero-order valence-corrected chi connectivity index (χ0v) is 11.1. The monoisotopic (exact) mass is 252 g/mol. The SMILES string of the molecule is C[C@H]1C[C@@H](N)CCN1C(=O)CCc1ccsc1. The third-order valence-corrected chi connectivity index (χ3v) is 4.18. The van der Waals surface area contributed by atoms with Crippen LogP contribution in [0.5, 0.6) is 0 Å². The fraction of sp³-hybridized carbons (Fsp3) is 0.615. The van der Waals surface area contributed by atoms with Crippen LogP contribution >= 0.6 is 11.3 Å². The van der Waals surface area contributed by atoms with Crippen molar-refractivity contribution in [2.75, 3.05) is 6.54 Å². The van der Waals surface area contributed by atoms with Crippen LogP contribution in [-0.2, 0) is 11.2 Å². The minimum Gasteiger partial charge on any atom is -0.340 e. The molecule has 1 aliphatic rings. The van der Waals surface area contributed by atoms with Gasteiger partial charge in [-0.2, -0.15) is 11.3 Å². The van der Waals surface area contributed by atoms with Crippen molar-refractivity contribution in [3.8, 4) is 0 Å². The Morgan fingerprint density at radius 1 is 1.65 bits per heavy atom. The standard InChI is InChI=1S/C13H20N2OS/c1-10-8-12(14)4-6-15(10)13(16)3-2-11-5-7-17-9-11/h5,7,9-10,12H,2-4,6,8,14H2,1H3/t10-,12-/m0/s1. The fourth-order valence-corrected chi connectivity index (χ4v) is 3.11. The van der Waals surface area contributed by atoms with Crippen LogP contribution in [0.15, 0.2) is 16.8 Å². The van der Waals surface area contributed by atoms with Crippen LogP contribution in [0.25, 0.3) is 0 Å². The first-order chi connectivity index (χ1) is 8.16. The lowest BCUT2D eigenvalue weighted by atomic mass is 9.98. The van der Waals surface area contributed by atoms with Crippen molar-refractivity contribution in [1.29, 1.82) is 0 Å². The summed E-state index contributed by atoms with van der Waals surface area (Å²) in [4.78, 5) is 14.1. The summed E-state index contributed by atoms with van der Waals surface area (Å²) in [6, 6.07) is 2.66. The summed E-state index contributed by atoms with van der Waals surface area (Å²) in [7, 11) is 0. The van der Waals surface area contributed by atoms with Gasteiger partial charge in [0.25, 0.3) is 0 Å². The van der Waals surface area contributed by atoms with Gasteiger partial charge in [-0.25, -0.2) is 0 Å². The number of nitrogens with two attached hydrogens (primary N) is 1. The first kappa shape index (κ1) is 12.6. The van der Waals surface area contributed by atoms with Gasteiger partial charge in [-0.05, 0) is 48.6 Å². The molecule has 1 amide bonds. The molecule has 3 nitrogen and oxygen atoms in total. The summed E-state index contributed by atoms with van der Waals surface area (Å²) in [5.41, 5.74) is 7.17. The van der Waals surface area contributed by atoms with Crippen LogP contribution in [0.3, 0.4) is 0 Å². The van der Waals surface area contributed by atoms with Gasteiger partial charge in [0.2, 0.25) is 5.91 Å². The number of likely N-dealkylation sites (tertiary alicyclic amines) is 1. The Morgan fingerprint density at radius 2 is 2.47 bits per heavy atom. The third-order valence-electron chi connectivity index (χ3n) is 3.44. The summed E-state index contributed by atoms with van der Waals surface area (Å²) < 4.78 is 0. The predicted octanol–water partition coefficient (Wildman–Crippen LogP) is 2.02. The lowest BCUT2D eigenvalue weighted by Crippen LogP contribution is -2.48. The number of carbonyl (C=O) groups excluding carboxylic acids is 1. The second kappa shape index (κ2) is 5.65. The average molecular weight is 252 g/mol. The Hall–Kier alpha value is -0.870. The van der Waals surface area contributed by atoms with Crippen LogP contribution < -0.4 is 5.73 Å². The highest BCUT2D eigenvalue weighted by Gasteiger charge is 2.26. The molecule has 1 fully saturated rings. The maximum absolute atomic E-state index is 12.1. The van der Waals surface area contributed by atoms with Crippen molar-refractivity contribution in [1.82, 2.24) is 4.90 Å². The van der Waals surface area contributed by atoms with E-state index in [1.54, 1.807) is 11.3 Å². The molecule has 2 N–H and O–H groups in total. The van der Waals surface area contributed by atoms with E-state index in [-0.39, 0.29) is 11.9 Å². The number of thiophene rings is 1. The van der Waals surface area contributed by atoms with Gasteiger partial charge < -0.3 is 10.6 Å². The zero-order chi connectivity index (χ0) is 12.3. The normalized spacial score (nSPS) is 24.9. The largest absolute Gasteiger partial charge is 0.340 e. The van der Waals surface area contributed by atoms with Crippen LogP contribution in [0.4, 0.5) is 0 Å². The highest BCUT2D eigenvalue weighted by molar-refractivity contribution is 7.07. The number of rotatable bonds is 3. The van der Waals surface area contributed by atoms with E-state index in [2.05, 4.69) is 23.8 Å². The Bertz CT molecular complexity index is 364. The van der Waals surface area contributed by atoms with E-state index in [9.17, 15) is 4.79 Å². The van der Waals surface area contributed by atoms with Crippen LogP contribution in [0.1, 0.15) is 31.7 Å². The molecule has 1 aromatic heterocycles. The number of hydrogen-bond donors (Lipinski definition) is 1. The summed E-state index contributed by atoms with van der Waals surface area (Å²) >= 11 is 1.69. The fourth-order valence-electron chi connectivity index (χ4n) is 2.41. The highest BCUT2D eigenvalue weighted by atomic mass is 32.1. The van der Waals surface area contributed by atoms with Gasteiger partial charge in [0.15, 0.2) is 0 Å². The number of nitrogens with zero attached hydrogens (tertiary/aromatic N) is 1. The molecule has 0 unspecified atom stereocenters. The molecule has 1 aromatic rings. The van der Waals surface area contributed by atoms with E-state index < -0.39 is 0 Å². The molecule has 1 aliphatic heterocycles.